The monoisotopic (exact) mass is 413 g/mol. The van der Waals surface area contributed by atoms with Crippen molar-refractivity contribution in [3.05, 3.63) is 34.0 Å². The third kappa shape index (κ3) is 3.58. The molecule has 1 N–H and O–H groups in total. The molecule has 1 aliphatic carbocycles. The van der Waals surface area contributed by atoms with Crippen molar-refractivity contribution < 1.29 is 9.59 Å². The van der Waals surface area contributed by atoms with E-state index in [0.29, 0.717) is 5.82 Å². The molecule has 0 aromatic carbocycles. The van der Waals surface area contributed by atoms with Gasteiger partial charge in [-0.15, -0.1) is 21.5 Å². The molecule has 0 unspecified atom stereocenters. The van der Waals surface area contributed by atoms with Gasteiger partial charge in [-0.3, -0.25) is 9.59 Å². The second kappa shape index (κ2) is 7.55. The number of aryl methyl sites for hydroxylation is 1. The van der Waals surface area contributed by atoms with E-state index in [4.69, 9.17) is 0 Å². The van der Waals surface area contributed by atoms with E-state index in [0.717, 1.165) is 68.9 Å². The summed E-state index contributed by atoms with van der Waals surface area (Å²) in [6.45, 7) is 2.36. The summed E-state index contributed by atoms with van der Waals surface area (Å²) in [5.41, 5.74) is 0.118. The number of rotatable bonds is 3. The molecule has 2 amide bonds. The van der Waals surface area contributed by atoms with E-state index in [2.05, 4.69) is 15.5 Å². The number of likely N-dealkylation sites (tertiary alicyclic amines) is 1. The van der Waals surface area contributed by atoms with E-state index in [9.17, 15) is 9.59 Å². The molecule has 2 fully saturated rings. The highest BCUT2D eigenvalue weighted by molar-refractivity contribution is 7.12. The Morgan fingerprint density at radius 1 is 1.14 bits per heavy atom. The van der Waals surface area contributed by atoms with Gasteiger partial charge in [-0.1, -0.05) is 18.9 Å². The van der Waals surface area contributed by atoms with Crippen molar-refractivity contribution in [3.8, 4) is 0 Å². The van der Waals surface area contributed by atoms with Crippen LogP contribution < -0.4 is 5.32 Å². The largest absolute Gasteiger partial charge is 0.347 e. The van der Waals surface area contributed by atoms with Crippen LogP contribution in [0, 0.1) is 5.41 Å². The number of carbonyl (C=O) groups is 2. The Morgan fingerprint density at radius 3 is 2.76 bits per heavy atom. The van der Waals surface area contributed by atoms with Gasteiger partial charge >= 0.3 is 0 Å². The normalized spacial score (nSPS) is 24.6. The summed E-state index contributed by atoms with van der Waals surface area (Å²) in [5, 5.41) is 13.6. The number of nitrogens with zero attached hydrogens (tertiary/aromatic N) is 4. The van der Waals surface area contributed by atoms with Crippen LogP contribution in [0.25, 0.3) is 0 Å². The highest BCUT2D eigenvalue weighted by atomic mass is 32.1. The number of aromatic nitrogens is 3. The molecule has 5 rings (SSSR count). The summed E-state index contributed by atoms with van der Waals surface area (Å²) in [6.07, 6.45) is 8.27. The van der Waals surface area contributed by atoms with Crippen LogP contribution >= 0.6 is 11.3 Å². The van der Waals surface area contributed by atoms with Crippen LogP contribution in [-0.2, 0) is 13.0 Å². The Hall–Kier alpha value is -2.22. The van der Waals surface area contributed by atoms with E-state index >= 15 is 0 Å². The van der Waals surface area contributed by atoms with Gasteiger partial charge in [0.25, 0.3) is 11.8 Å². The van der Waals surface area contributed by atoms with Gasteiger partial charge in [0.1, 0.15) is 5.82 Å². The van der Waals surface area contributed by atoms with Crippen LogP contribution in [-0.4, -0.2) is 50.6 Å². The van der Waals surface area contributed by atoms with Crippen LogP contribution in [0.2, 0.25) is 0 Å². The number of fused-ring (bicyclic) bond motifs is 1. The third-order valence-electron chi connectivity index (χ3n) is 6.92. The molecule has 154 valence electrons. The van der Waals surface area contributed by atoms with Gasteiger partial charge in [-0.25, -0.2) is 0 Å². The first kappa shape index (κ1) is 18.8. The molecule has 1 saturated carbocycles. The minimum atomic E-state index is -0.0903. The first-order valence-electron chi connectivity index (χ1n) is 10.7. The maximum atomic E-state index is 12.8. The predicted octanol–water partition coefficient (Wildman–Crippen LogP) is 2.88. The lowest BCUT2D eigenvalue weighted by molar-refractivity contribution is 0.0772. The smallest absolute Gasteiger partial charge is 0.289 e. The lowest BCUT2D eigenvalue weighted by atomic mass is 9.80. The van der Waals surface area contributed by atoms with E-state index in [-0.39, 0.29) is 23.3 Å². The fourth-order valence-electron chi connectivity index (χ4n) is 5.17. The number of hydrogen-bond acceptors (Lipinski definition) is 5. The molecule has 1 spiro atoms. The molecule has 3 aliphatic rings. The Balaban J connectivity index is 1.27. The van der Waals surface area contributed by atoms with Gasteiger partial charge in [0.15, 0.2) is 0 Å². The number of thiophene rings is 1. The van der Waals surface area contributed by atoms with Crippen LogP contribution in [0.15, 0.2) is 17.5 Å². The summed E-state index contributed by atoms with van der Waals surface area (Å²) < 4.78 is 2.02. The highest BCUT2D eigenvalue weighted by Crippen LogP contribution is 2.41. The zero-order chi connectivity index (χ0) is 19.8. The molecular weight excluding hydrogens is 386 g/mol. The zero-order valence-corrected chi connectivity index (χ0v) is 17.4. The lowest BCUT2D eigenvalue weighted by Crippen LogP contribution is -2.35. The Bertz CT molecular complexity index is 902. The molecule has 8 heteroatoms. The van der Waals surface area contributed by atoms with Crippen molar-refractivity contribution in [1.82, 2.24) is 25.0 Å². The van der Waals surface area contributed by atoms with Gasteiger partial charge < -0.3 is 14.8 Å². The quantitative estimate of drug-likeness (QED) is 0.839. The maximum Gasteiger partial charge on any atom is 0.289 e. The van der Waals surface area contributed by atoms with E-state index in [1.165, 1.54) is 24.2 Å². The zero-order valence-electron chi connectivity index (χ0n) is 16.6. The molecule has 0 bridgehead atoms. The number of carbonyl (C=O) groups excluding carboxylic acids is 2. The summed E-state index contributed by atoms with van der Waals surface area (Å²) in [5.74, 6) is 1.42. The first-order valence-corrected chi connectivity index (χ1v) is 11.6. The van der Waals surface area contributed by atoms with Crippen LogP contribution in [0.5, 0.6) is 0 Å². The minimum Gasteiger partial charge on any atom is -0.347 e. The molecule has 0 radical (unpaired) electrons. The average Bonchev–Trinajstić information content (AvgIpc) is 3.50. The van der Waals surface area contributed by atoms with Crippen molar-refractivity contribution >= 4 is 23.2 Å². The number of hydrogen-bond donors (Lipinski definition) is 1. The van der Waals surface area contributed by atoms with Crippen molar-refractivity contribution in [2.24, 2.45) is 5.41 Å². The van der Waals surface area contributed by atoms with E-state index < -0.39 is 0 Å². The topological polar surface area (TPSA) is 80.1 Å². The maximum absolute atomic E-state index is 12.8. The average molecular weight is 414 g/mol. The summed E-state index contributed by atoms with van der Waals surface area (Å²) in [7, 11) is 0. The SMILES string of the molecule is O=C(NC1CCCC1)c1nnc2n1CC[C@]1(CC2)CCN(C(=O)c2cccs2)C1. The van der Waals surface area contributed by atoms with E-state index in [1.807, 2.05) is 27.0 Å². The van der Waals surface area contributed by atoms with Crippen LogP contribution in [0.4, 0.5) is 0 Å². The summed E-state index contributed by atoms with van der Waals surface area (Å²) in [6, 6.07) is 4.11. The highest BCUT2D eigenvalue weighted by Gasteiger charge is 2.42. The molecule has 29 heavy (non-hydrogen) atoms. The Morgan fingerprint density at radius 2 is 1.97 bits per heavy atom. The number of nitrogens with one attached hydrogen (secondary N) is 1. The molecular formula is C21H27N5O2S. The summed E-state index contributed by atoms with van der Waals surface area (Å²) >= 11 is 1.51. The van der Waals surface area contributed by atoms with Gasteiger partial charge in [-0.2, -0.15) is 0 Å². The van der Waals surface area contributed by atoms with Gasteiger partial charge in [-0.05, 0) is 49.0 Å². The van der Waals surface area contributed by atoms with E-state index in [1.54, 1.807) is 0 Å². The second-order valence-corrected chi connectivity index (χ2v) is 9.70. The van der Waals surface area contributed by atoms with Gasteiger partial charge in [0.2, 0.25) is 5.82 Å². The van der Waals surface area contributed by atoms with Crippen molar-refractivity contribution in [3.63, 3.8) is 0 Å². The fourth-order valence-corrected chi connectivity index (χ4v) is 5.86. The fraction of sp³-hybridized carbons (Fsp3) is 0.619. The second-order valence-electron chi connectivity index (χ2n) is 8.75. The first-order chi connectivity index (χ1) is 14.1. The predicted molar refractivity (Wildman–Crippen MR) is 110 cm³/mol. The van der Waals surface area contributed by atoms with Gasteiger partial charge in [0.05, 0.1) is 4.88 Å². The molecule has 2 aromatic rings. The Kier molecular flexibility index (Phi) is 4.89. The standard InChI is InChI=1S/C21H27N5O2S/c27-19(22-15-4-1-2-5-15)18-24-23-17-7-8-21(10-12-26(17)18)9-11-25(14-21)20(28)16-6-3-13-29-16/h3,6,13,15H,1-2,4-5,7-12,14H2,(H,22,27)/t21-/m0/s1. The van der Waals surface area contributed by atoms with Crippen molar-refractivity contribution in [1.29, 1.82) is 0 Å². The minimum absolute atomic E-state index is 0.0903. The van der Waals surface area contributed by atoms with Crippen molar-refractivity contribution in [2.45, 2.75) is 64.0 Å². The molecule has 2 aromatic heterocycles. The molecule has 2 aliphatic heterocycles. The van der Waals surface area contributed by atoms with Crippen LogP contribution in [0.3, 0.4) is 0 Å². The van der Waals surface area contributed by atoms with Crippen molar-refractivity contribution in [2.75, 3.05) is 13.1 Å². The Labute approximate surface area is 174 Å². The van der Waals surface area contributed by atoms with Gasteiger partial charge in [0, 0.05) is 32.1 Å². The summed E-state index contributed by atoms with van der Waals surface area (Å²) in [4.78, 5) is 28.3. The third-order valence-corrected chi connectivity index (χ3v) is 7.78. The number of amides is 2. The van der Waals surface area contributed by atoms with Crippen LogP contribution in [0.1, 0.15) is 71.1 Å². The molecule has 4 heterocycles. The lowest BCUT2D eigenvalue weighted by Gasteiger charge is -2.27. The molecule has 1 atom stereocenters. The molecule has 1 saturated heterocycles. The molecule has 7 nitrogen and oxygen atoms in total.